The summed E-state index contributed by atoms with van der Waals surface area (Å²) in [5, 5.41) is 3.40. The van der Waals surface area contributed by atoms with Crippen LogP contribution in [0.5, 0.6) is 0 Å². The van der Waals surface area contributed by atoms with E-state index in [-0.39, 0.29) is 12.0 Å². The van der Waals surface area contributed by atoms with Gasteiger partial charge in [-0.1, -0.05) is 43.7 Å². The highest BCUT2D eigenvalue weighted by Gasteiger charge is 2.21. The summed E-state index contributed by atoms with van der Waals surface area (Å²) < 4.78 is 5.17. The monoisotopic (exact) mass is 277 g/mol. The lowest BCUT2D eigenvalue weighted by Gasteiger charge is -2.21. The van der Waals surface area contributed by atoms with E-state index in [0.717, 1.165) is 25.7 Å². The average Bonchev–Trinajstić information content (AvgIpc) is 2.45. The molecule has 2 unspecified atom stereocenters. The standard InChI is InChI=1S/C17H27NO2/c1-4-9-14(3)18-16(17(19)20-5-2)13-12-15-10-7-6-8-11-15/h6-8,10-11,14,16,18H,4-5,9,12-13H2,1-3H3. The van der Waals surface area contributed by atoms with Crippen LogP contribution in [0.25, 0.3) is 0 Å². The molecule has 3 nitrogen and oxygen atoms in total. The van der Waals surface area contributed by atoms with Crippen molar-refractivity contribution in [3.05, 3.63) is 35.9 Å². The summed E-state index contributed by atoms with van der Waals surface area (Å²) in [6.45, 7) is 6.56. The zero-order valence-electron chi connectivity index (χ0n) is 12.9. The molecule has 0 saturated carbocycles. The summed E-state index contributed by atoms with van der Waals surface area (Å²) >= 11 is 0. The van der Waals surface area contributed by atoms with Crippen LogP contribution in [0.15, 0.2) is 30.3 Å². The van der Waals surface area contributed by atoms with Gasteiger partial charge in [-0.15, -0.1) is 0 Å². The molecule has 1 N–H and O–H groups in total. The van der Waals surface area contributed by atoms with Crippen molar-refractivity contribution in [2.24, 2.45) is 0 Å². The van der Waals surface area contributed by atoms with E-state index in [1.807, 2.05) is 25.1 Å². The fraction of sp³-hybridized carbons (Fsp3) is 0.588. The molecule has 0 aliphatic carbocycles. The van der Waals surface area contributed by atoms with E-state index in [1.165, 1.54) is 5.56 Å². The Labute approximate surface area is 122 Å². The van der Waals surface area contributed by atoms with Crippen LogP contribution in [0.2, 0.25) is 0 Å². The summed E-state index contributed by atoms with van der Waals surface area (Å²) in [6.07, 6.45) is 3.84. The normalized spacial score (nSPS) is 13.8. The molecule has 0 spiro atoms. The first-order chi connectivity index (χ1) is 9.67. The summed E-state index contributed by atoms with van der Waals surface area (Å²) in [4.78, 5) is 12.0. The lowest BCUT2D eigenvalue weighted by molar-refractivity contribution is -0.146. The van der Waals surface area contributed by atoms with Gasteiger partial charge >= 0.3 is 5.97 Å². The molecule has 0 amide bonds. The van der Waals surface area contributed by atoms with Crippen molar-refractivity contribution in [1.82, 2.24) is 5.32 Å². The molecule has 1 rings (SSSR count). The van der Waals surface area contributed by atoms with E-state index in [0.29, 0.717) is 12.6 Å². The second kappa shape index (κ2) is 9.54. The predicted molar refractivity (Wildman–Crippen MR) is 82.7 cm³/mol. The van der Waals surface area contributed by atoms with E-state index < -0.39 is 0 Å². The van der Waals surface area contributed by atoms with Gasteiger partial charge in [0.1, 0.15) is 6.04 Å². The van der Waals surface area contributed by atoms with Gasteiger partial charge in [-0.2, -0.15) is 0 Å². The van der Waals surface area contributed by atoms with Crippen molar-refractivity contribution in [3.63, 3.8) is 0 Å². The highest BCUT2D eigenvalue weighted by atomic mass is 16.5. The Bertz CT molecular complexity index is 378. The molecular weight excluding hydrogens is 250 g/mol. The second-order valence-electron chi connectivity index (χ2n) is 5.19. The lowest BCUT2D eigenvalue weighted by atomic mass is 10.0. The minimum atomic E-state index is -0.211. The van der Waals surface area contributed by atoms with E-state index in [9.17, 15) is 4.79 Å². The van der Waals surface area contributed by atoms with E-state index in [2.05, 4.69) is 31.3 Å². The predicted octanol–water partition coefficient (Wildman–Crippen LogP) is 3.33. The molecule has 0 aliphatic heterocycles. The average molecular weight is 277 g/mol. The van der Waals surface area contributed by atoms with Crippen molar-refractivity contribution in [3.8, 4) is 0 Å². The van der Waals surface area contributed by atoms with Crippen molar-refractivity contribution < 1.29 is 9.53 Å². The van der Waals surface area contributed by atoms with Crippen molar-refractivity contribution in [2.45, 2.75) is 58.5 Å². The maximum absolute atomic E-state index is 12.0. The summed E-state index contributed by atoms with van der Waals surface area (Å²) in [5.41, 5.74) is 1.26. The molecular formula is C17H27NO2. The number of rotatable bonds is 9. The Morgan fingerprint density at radius 3 is 2.50 bits per heavy atom. The van der Waals surface area contributed by atoms with Crippen LogP contribution in [-0.2, 0) is 16.0 Å². The summed E-state index contributed by atoms with van der Waals surface area (Å²) in [7, 11) is 0. The van der Waals surface area contributed by atoms with Gasteiger partial charge in [-0.3, -0.25) is 4.79 Å². The highest BCUT2D eigenvalue weighted by Crippen LogP contribution is 2.08. The van der Waals surface area contributed by atoms with Crippen LogP contribution in [-0.4, -0.2) is 24.7 Å². The molecule has 3 heteroatoms. The van der Waals surface area contributed by atoms with Crippen LogP contribution in [0.3, 0.4) is 0 Å². The molecule has 0 heterocycles. The van der Waals surface area contributed by atoms with Crippen LogP contribution < -0.4 is 5.32 Å². The molecule has 0 radical (unpaired) electrons. The minimum absolute atomic E-state index is 0.133. The number of carbonyl (C=O) groups is 1. The molecule has 0 bridgehead atoms. The van der Waals surface area contributed by atoms with Crippen LogP contribution in [0.4, 0.5) is 0 Å². The van der Waals surface area contributed by atoms with E-state index in [4.69, 9.17) is 4.74 Å². The Hall–Kier alpha value is -1.35. The number of hydrogen-bond donors (Lipinski definition) is 1. The van der Waals surface area contributed by atoms with Gasteiger partial charge in [0.15, 0.2) is 0 Å². The van der Waals surface area contributed by atoms with Gasteiger partial charge in [-0.05, 0) is 38.7 Å². The van der Waals surface area contributed by atoms with Gasteiger partial charge in [0.25, 0.3) is 0 Å². The van der Waals surface area contributed by atoms with Gasteiger partial charge in [-0.25, -0.2) is 0 Å². The first kappa shape index (κ1) is 16.7. The molecule has 0 fully saturated rings. The van der Waals surface area contributed by atoms with Gasteiger partial charge < -0.3 is 10.1 Å². The van der Waals surface area contributed by atoms with Gasteiger partial charge in [0.2, 0.25) is 0 Å². The van der Waals surface area contributed by atoms with Crippen molar-refractivity contribution >= 4 is 5.97 Å². The Morgan fingerprint density at radius 1 is 1.20 bits per heavy atom. The number of benzene rings is 1. The van der Waals surface area contributed by atoms with Crippen molar-refractivity contribution in [2.75, 3.05) is 6.61 Å². The molecule has 112 valence electrons. The number of nitrogens with one attached hydrogen (secondary N) is 1. The molecule has 0 aliphatic rings. The second-order valence-corrected chi connectivity index (χ2v) is 5.19. The maximum Gasteiger partial charge on any atom is 0.323 e. The molecule has 1 aromatic rings. The summed E-state index contributed by atoms with van der Waals surface area (Å²) in [5.74, 6) is -0.133. The third-order valence-corrected chi connectivity index (χ3v) is 3.34. The minimum Gasteiger partial charge on any atom is -0.465 e. The third-order valence-electron chi connectivity index (χ3n) is 3.34. The van der Waals surface area contributed by atoms with Gasteiger partial charge in [0.05, 0.1) is 6.61 Å². The molecule has 2 atom stereocenters. The smallest absolute Gasteiger partial charge is 0.323 e. The van der Waals surface area contributed by atoms with Crippen LogP contribution in [0.1, 0.15) is 45.6 Å². The van der Waals surface area contributed by atoms with Crippen LogP contribution in [0, 0.1) is 0 Å². The number of carbonyl (C=O) groups excluding carboxylic acids is 1. The zero-order valence-corrected chi connectivity index (χ0v) is 12.9. The quantitative estimate of drug-likeness (QED) is 0.704. The third kappa shape index (κ3) is 6.20. The zero-order chi connectivity index (χ0) is 14.8. The van der Waals surface area contributed by atoms with Crippen LogP contribution >= 0.6 is 0 Å². The first-order valence-electron chi connectivity index (χ1n) is 7.64. The number of esters is 1. The summed E-state index contributed by atoms with van der Waals surface area (Å²) in [6, 6.07) is 10.4. The Kier molecular flexibility index (Phi) is 7.97. The topological polar surface area (TPSA) is 38.3 Å². The fourth-order valence-electron chi connectivity index (χ4n) is 2.33. The molecule has 1 aromatic carbocycles. The fourth-order valence-corrected chi connectivity index (χ4v) is 2.33. The molecule has 0 aromatic heterocycles. The molecule has 0 saturated heterocycles. The Balaban J connectivity index is 2.55. The van der Waals surface area contributed by atoms with Gasteiger partial charge in [0, 0.05) is 6.04 Å². The highest BCUT2D eigenvalue weighted by molar-refractivity contribution is 5.75. The number of ether oxygens (including phenoxy) is 1. The number of aryl methyl sites for hydroxylation is 1. The first-order valence-corrected chi connectivity index (χ1v) is 7.64. The number of hydrogen-bond acceptors (Lipinski definition) is 3. The molecule has 20 heavy (non-hydrogen) atoms. The maximum atomic E-state index is 12.0. The van der Waals surface area contributed by atoms with E-state index >= 15 is 0 Å². The Morgan fingerprint density at radius 2 is 1.90 bits per heavy atom. The van der Waals surface area contributed by atoms with E-state index in [1.54, 1.807) is 0 Å². The SMILES string of the molecule is CCCC(C)NC(CCc1ccccc1)C(=O)OCC. The van der Waals surface area contributed by atoms with Crippen molar-refractivity contribution in [1.29, 1.82) is 0 Å². The largest absolute Gasteiger partial charge is 0.465 e. The lowest BCUT2D eigenvalue weighted by Crippen LogP contribution is -2.43.